The fraction of sp³-hybridized carbons (Fsp3) is 0.750. The van der Waals surface area contributed by atoms with Crippen molar-refractivity contribution in [3.8, 4) is 0 Å². The second-order valence-electron chi connectivity index (χ2n) is 4.37. The van der Waals surface area contributed by atoms with Gasteiger partial charge in [0.05, 0.1) is 5.69 Å². The molecule has 1 heterocycles. The zero-order chi connectivity index (χ0) is 14.5. The van der Waals surface area contributed by atoms with Crippen molar-refractivity contribution in [2.75, 3.05) is 24.5 Å². The molecule has 0 aliphatic carbocycles. The smallest absolute Gasteiger partial charge is 0.339 e. The number of hydrogen-bond acceptors (Lipinski definition) is 4. The number of aromatic nitrogens is 1. The van der Waals surface area contributed by atoms with Gasteiger partial charge in [0.15, 0.2) is 5.13 Å². The number of alkyl halides is 3. The van der Waals surface area contributed by atoms with Crippen LogP contribution in [0.5, 0.6) is 0 Å². The summed E-state index contributed by atoms with van der Waals surface area (Å²) in [7, 11) is 0. The van der Waals surface area contributed by atoms with Gasteiger partial charge in [0.1, 0.15) is 6.54 Å². The zero-order valence-corrected chi connectivity index (χ0v) is 12.2. The van der Waals surface area contributed by atoms with Gasteiger partial charge in [0.2, 0.25) is 0 Å². The maximum absolute atomic E-state index is 12.5. The predicted molar refractivity (Wildman–Crippen MR) is 72.8 cm³/mol. The molecular formula is C12H20F3N3S. The normalized spacial score (nSPS) is 13.6. The fourth-order valence-electron chi connectivity index (χ4n) is 1.76. The zero-order valence-electron chi connectivity index (χ0n) is 11.4. The van der Waals surface area contributed by atoms with Crippen molar-refractivity contribution >= 4 is 16.5 Å². The summed E-state index contributed by atoms with van der Waals surface area (Å²) in [5.41, 5.74) is 0.796. The monoisotopic (exact) mass is 295 g/mol. The molecule has 0 aliphatic rings. The average Bonchev–Trinajstić information content (AvgIpc) is 2.76. The Labute approximate surface area is 115 Å². The second kappa shape index (κ2) is 7.09. The predicted octanol–water partition coefficient (Wildman–Crippen LogP) is 3.59. The Morgan fingerprint density at radius 2 is 2.11 bits per heavy atom. The molecule has 0 fully saturated rings. The molecule has 1 aromatic rings. The first kappa shape index (κ1) is 16.2. The molecule has 0 saturated heterocycles. The Hall–Kier alpha value is -0.820. The topological polar surface area (TPSA) is 28.2 Å². The molecule has 0 amide bonds. The summed E-state index contributed by atoms with van der Waals surface area (Å²) in [5.74, 6) is 0. The number of nitrogens with one attached hydrogen (secondary N) is 1. The highest BCUT2D eigenvalue weighted by molar-refractivity contribution is 7.13. The highest BCUT2D eigenvalue weighted by Gasteiger charge is 2.31. The lowest BCUT2D eigenvalue weighted by Gasteiger charge is -2.22. The van der Waals surface area contributed by atoms with Gasteiger partial charge in [-0.3, -0.25) is 0 Å². The molecule has 1 aromatic heterocycles. The molecule has 0 aliphatic heterocycles. The number of halogens is 3. The summed E-state index contributed by atoms with van der Waals surface area (Å²) in [6, 6.07) is 0.0596. The molecule has 0 aromatic carbocycles. The maximum Gasteiger partial charge on any atom is 0.406 e. The lowest BCUT2D eigenvalue weighted by atomic mass is 10.2. The van der Waals surface area contributed by atoms with E-state index in [0.717, 1.165) is 12.2 Å². The van der Waals surface area contributed by atoms with E-state index in [-0.39, 0.29) is 6.04 Å². The summed E-state index contributed by atoms with van der Waals surface area (Å²) >= 11 is 1.27. The molecule has 3 nitrogen and oxygen atoms in total. The summed E-state index contributed by atoms with van der Waals surface area (Å²) in [6.45, 7) is 6.02. The van der Waals surface area contributed by atoms with Crippen LogP contribution < -0.4 is 10.2 Å². The lowest BCUT2D eigenvalue weighted by Crippen LogP contribution is -2.34. The number of hydrogen-bond donors (Lipinski definition) is 1. The molecule has 0 radical (unpaired) electrons. The van der Waals surface area contributed by atoms with E-state index in [1.807, 2.05) is 26.2 Å². The standard InChI is InChI=1S/C12H20F3N3S/c1-4-6-18(8-12(13,14)15)11-17-10(7-19-11)9(3)16-5-2/h7,9,16H,4-6,8H2,1-3H3. The third kappa shape index (κ3) is 5.36. The van der Waals surface area contributed by atoms with Crippen molar-refractivity contribution in [3.05, 3.63) is 11.1 Å². The van der Waals surface area contributed by atoms with Gasteiger partial charge in [-0.15, -0.1) is 11.3 Å². The van der Waals surface area contributed by atoms with E-state index in [9.17, 15) is 13.2 Å². The minimum Gasteiger partial charge on any atom is -0.339 e. The van der Waals surface area contributed by atoms with E-state index in [0.29, 0.717) is 18.1 Å². The molecular weight excluding hydrogens is 275 g/mol. The molecule has 1 atom stereocenters. The first-order valence-electron chi connectivity index (χ1n) is 6.37. The molecule has 7 heteroatoms. The van der Waals surface area contributed by atoms with Crippen molar-refractivity contribution in [1.29, 1.82) is 0 Å². The van der Waals surface area contributed by atoms with Gasteiger partial charge in [0.25, 0.3) is 0 Å². The second-order valence-corrected chi connectivity index (χ2v) is 5.21. The third-order valence-electron chi connectivity index (χ3n) is 2.60. The van der Waals surface area contributed by atoms with Crippen molar-refractivity contribution in [2.24, 2.45) is 0 Å². The Balaban J connectivity index is 2.80. The van der Waals surface area contributed by atoms with Gasteiger partial charge in [-0.25, -0.2) is 4.98 Å². The molecule has 1 N–H and O–H groups in total. The van der Waals surface area contributed by atoms with Crippen molar-refractivity contribution in [3.63, 3.8) is 0 Å². The van der Waals surface area contributed by atoms with E-state index in [1.165, 1.54) is 16.2 Å². The van der Waals surface area contributed by atoms with E-state index in [1.54, 1.807) is 0 Å². The van der Waals surface area contributed by atoms with E-state index in [4.69, 9.17) is 0 Å². The van der Waals surface area contributed by atoms with Gasteiger partial charge in [-0.2, -0.15) is 13.2 Å². The summed E-state index contributed by atoms with van der Waals surface area (Å²) in [4.78, 5) is 5.61. The Morgan fingerprint density at radius 3 is 2.63 bits per heavy atom. The fourth-order valence-corrected chi connectivity index (χ4v) is 2.71. The van der Waals surface area contributed by atoms with Crippen LogP contribution in [-0.4, -0.2) is 30.8 Å². The number of rotatable bonds is 7. The number of thiazole rings is 1. The van der Waals surface area contributed by atoms with Crippen LogP contribution >= 0.6 is 11.3 Å². The average molecular weight is 295 g/mol. The minimum atomic E-state index is -4.20. The largest absolute Gasteiger partial charge is 0.406 e. The summed E-state index contributed by atoms with van der Waals surface area (Å²) in [6.07, 6.45) is -3.54. The molecule has 1 rings (SSSR count). The van der Waals surface area contributed by atoms with Gasteiger partial charge < -0.3 is 10.2 Å². The Kier molecular flexibility index (Phi) is 6.06. The molecule has 19 heavy (non-hydrogen) atoms. The minimum absolute atomic E-state index is 0.0596. The number of anilines is 1. The third-order valence-corrected chi connectivity index (χ3v) is 3.52. The first-order chi connectivity index (χ1) is 8.87. The van der Waals surface area contributed by atoms with E-state index in [2.05, 4.69) is 10.3 Å². The SMILES string of the molecule is CCCN(CC(F)(F)F)c1nc(C(C)NCC)cs1. The Bertz CT molecular complexity index is 379. The van der Waals surface area contributed by atoms with Crippen LogP contribution in [0.4, 0.5) is 18.3 Å². The van der Waals surface area contributed by atoms with Gasteiger partial charge in [-0.1, -0.05) is 13.8 Å². The van der Waals surface area contributed by atoms with Crippen LogP contribution in [0.2, 0.25) is 0 Å². The molecule has 0 saturated carbocycles. The summed E-state index contributed by atoms with van der Waals surface area (Å²) < 4.78 is 37.6. The quantitative estimate of drug-likeness (QED) is 0.833. The molecule has 1 unspecified atom stereocenters. The highest BCUT2D eigenvalue weighted by atomic mass is 32.1. The van der Waals surface area contributed by atoms with Crippen molar-refractivity contribution in [2.45, 2.75) is 39.4 Å². The number of nitrogens with zero attached hydrogens (tertiary/aromatic N) is 2. The van der Waals surface area contributed by atoms with Gasteiger partial charge in [0, 0.05) is 18.0 Å². The van der Waals surface area contributed by atoms with E-state index >= 15 is 0 Å². The van der Waals surface area contributed by atoms with Crippen molar-refractivity contribution in [1.82, 2.24) is 10.3 Å². The van der Waals surface area contributed by atoms with Crippen LogP contribution in [0.15, 0.2) is 5.38 Å². The highest BCUT2D eigenvalue weighted by Crippen LogP contribution is 2.27. The van der Waals surface area contributed by atoms with Crippen LogP contribution in [0, 0.1) is 0 Å². The molecule has 0 spiro atoms. The Morgan fingerprint density at radius 1 is 1.42 bits per heavy atom. The van der Waals surface area contributed by atoms with Crippen molar-refractivity contribution < 1.29 is 13.2 Å². The first-order valence-corrected chi connectivity index (χ1v) is 7.25. The summed E-state index contributed by atoms with van der Waals surface area (Å²) in [5, 5.41) is 5.46. The van der Waals surface area contributed by atoms with Gasteiger partial charge >= 0.3 is 6.18 Å². The van der Waals surface area contributed by atoms with Crippen LogP contribution in [0.3, 0.4) is 0 Å². The van der Waals surface area contributed by atoms with Crippen LogP contribution in [-0.2, 0) is 0 Å². The molecule has 110 valence electrons. The maximum atomic E-state index is 12.5. The van der Waals surface area contributed by atoms with Crippen LogP contribution in [0.25, 0.3) is 0 Å². The van der Waals surface area contributed by atoms with E-state index < -0.39 is 12.7 Å². The molecule has 0 bridgehead atoms. The lowest BCUT2D eigenvalue weighted by molar-refractivity contribution is -0.119. The van der Waals surface area contributed by atoms with Gasteiger partial charge in [-0.05, 0) is 19.9 Å². The van der Waals surface area contributed by atoms with Crippen LogP contribution in [0.1, 0.15) is 38.9 Å².